The second-order valence-corrected chi connectivity index (χ2v) is 13.0. The molecule has 0 aliphatic heterocycles. The van der Waals surface area contributed by atoms with Gasteiger partial charge in [-0.3, -0.25) is 13.9 Å². The van der Waals surface area contributed by atoms with Gasteiger partial charge in [0, 0.05) is 22.6 Å². The Kier molecular flexibility index (Phi) is 10.6. The van der Waals surface area contributed by atoms with Gasteiger partial charge in [0.2, 0.25) is 11.8 Å². The second-order valence-electron chi connectivity index (χ2n) is 9.77. The van der Waals surface area contributed by atoms with Gasteiger partial charge in [0.15, 0.2) is 0 Å². The summed E-state index contributed by atoms with van der Waals surface area (Å²) < 4.78 is 29.4. The number of benzene rings is 3. The number of hydrogen-bond donors (Lipinski definition) is 1. The zero-order chi connectivity index (χ0) is 28.7. The molecule has 0 saturated heterocycles. The lowest BCUT2D eigenvalue weighted by Gasteiger charge is -2.32. The lowest BCUT2D eigenvalue weighted by molar-refractivity contribution is -0.139. The zero-order valence-electron chi connectivity index (χ0n) is 22.4. The van der Waals surface area contributed by atoms with E-state index in [-0.39, 0.29) is 23.3 Å². The molecule has 0 saturated carbocycles. The molecule has 0 aromatic heterocycles. The fourth-order valence-corrected chi connectivity index (χ4v) is 5.87. The fourth-order valence-electron chi connectivity index (χ4n) is 3.86. The van der Waals surface area contributed by atoms with Crippen molar-refractivity contribution in [2.75, 3.05) is 17.4 Å². The molecule has 0 bridgehead atoms. The number of nitrogens with zero attached hydrogens (tertiary/aromatic N) is 2. The summed E-state index contributed by atoms with van der Waals surface area (Å²) in [5, 5.41) is 3.37. The van der Waals surface area contributed by atoms with Gasteiger partial charge in [0.05, 0.1) is 10.6 Å². The first-order chi connectivity index (χ1) is 18.4. The van der Waals surface area contributed by atoms with Crippen molar-refractivity contribution in [2.24, 2.45) is 5.92 Å². The molecule has 0 aliphatic carbocycles. The molecular weight excluding hydrogens is 602 g/mol. The van der Waals surface area contributed by atoms with Crippen molar-refractivity contribution < 1.29 is 18.0 Å². The number of halogens is 2. The van der Waals surface area contributed by atoms with Crippen LogP contribution in [-0.4, -0.2) is 44.3 Å². The summed E-state index contributed by atoms with van der Waals surface area (Å²) in [7, 11) is -4.12. The molecule has 208 valence electrons. The number of anilines is 1. The largest absolute Gasteiger partial charge is 0.354 e. The second kappa shape index (κ2) is 13.5. The highest BCUT2D eigenvalue weighted by molar-refractivity contribution is 9.10. The van der Waals surface area contributed by atoms with Crippen LogP contribution in [0.3, 0.4) is 0 Å². The Morgan fingerprint density at radius 2 is 1.64 bits per heavy atom. The van der Waals surface area contributed by atoms with Crippen molar-refractivity contribution in [1.29, 1.82) is 0 Å². The maximum atomic E-state index is 13.9. The number of hydrogen-bond acceptors (Lipinski definition) is 4. The van der Waals surface area contributed by atoms with Crippen LogP contribution in [0.4, 0.5) is 5.69 Å². The molecule has 1 N–H and O–H groups in total. The van der Waals surface area contributed by atoms with Crippen LogP contribution in [-0.2, 0) is 26.2 Å². The van der Waals surface area contributed by atoms with Crippen molar-refractivity contribution >= 4 is 55.1 Å². The molecular formula is C29H33BrClN3O4S. The number of carbonyl (C=O) groups excluding carboxylic acids is 2. The topological polar surface area (TPSA) is 86.8 Å². The maximum Gasteiger partial charge on any atom is 0.264 e. The molecule has 0 heterocycles. The minimum absolute atomic E-state index is 0.0602. The Morgan fingerprint density at radius 1 is 0.974 bits per heavy atom. The highest BCUT2D eigenvalue weighted by atomic mass is 79.9. The maximum absolute atomic E-state index is 13.9. The van der Waals surface area contributed by atoms with Crippen LogP contribution < -0.4 is 9.62 Å². The van der Waals surface area contributed by atoms with Gasteiger partial charge in [0.1, 0.15) is 12.6 Å². The van der Waals surface area contributed by atoms with Gasteiger partial charge in [-0.05, 0) is 67.8 Å². The van der Waals surface area contributed by atoms with Crippen LogP contribution in [0.2, 0.25) is 5.02 Å². The van der Waals surface area contributed by atoms with E-state index in [2.05, 4.69) is 21.2 Å². The summed E-state index contributed by atoms with van der Waals surface area (Å²) in [5.74, 6) is -0.628. The normalized spacial score (nSPS) is 12.2. The molecule has 39 heavy (non-hydrogen) atoms. The van der Waals surface area contributed by atoms with Gasteiger partial charge in [0.25, 0.3) is 10.0 Å². The molecule has 0 unspecified atom stereocenters. The molecule has 2 amide bonds. The van der Waals surface area contributed by atoms with Gasteiger partial charge in [-0.15, -0.1) is 0 Å². The van der Waals surface area contributed by atoms with E-state index in [1.807, 2.05) is 20.8 Å². The third-order valence-electron chi connectivity index (χ3n) is 6.08. The number of carbonyl (C=O) groups is 2. The monoisotopic (exact) mass is 633 g/mol. The highest BCUT2D eigenvalue weighted by Gasteiger charge is 2.32. The van der Waals surface area contributed by atoms with Gasteiger partial charge >= 0.3 is 0 Å². The van der Waals surface area contributed by atoms with E-state index in [0.29, 0.717) is 21.7 Å². The first-order valence-electron chi connectivity index (χ1n) is 12.5. The summed E-state index contributed by atoms with van der Waals surface area (Å²) in [6.07, 6.45) is 0. The first kappa shape index (κ1) is 30.7. The minimum Gasteiger partial charge on any atom is -0.354 e. The lowest BCUT2D eigenvalue weighted by atomic mass is 10.1. The first-order valence-corrected chi connectivity index (χ1v) is 15.2. The molecule has 0 fully saturated rings. The molecule has 0 spiro atoms. The van der Waals surface area contributed by atoms with Crippen molar-refractivity contribution in [1.82, 2.24) is 10.2 Å². The smallest absolute Gasteiger partial charge is 0.264 e. The molecule has 0 radical (unpaired) electrons. The zero-order valence-corrected chi connectivity index (χ0v) is 25.6. The third-order valence-corrected chi connectivity index (χ3v) is 8.59. The molecule has 3 aromatic carbocycles. The van der Waals surface area contributed by atoms with Crippen molar-refractivity contribution in [2.45, 2.75) is 45.2 Å². The van der Waals surface area contributed by atoms with E-state index < -0.39 is 28.5 Å². The molecule has 1 atom stereocenters. The quantitative estimate of drug-likeness (QED) is 0.289. The van der Waals surface area contributed by atoms with Gasteiger partial charge in [-0.2, -0.15) is 0 Å². The third kappa shape index (κ3) is 8.30. The van der Waals surface area contributed by atoms with Crippen LogP contribution in [0, 0.1) is 12.8 Å². The summed E-state index contributed by atoms with van der Waals surface area (Å²) in [5.41, 5.74) is 1.95. The number of aryl methyl sites for hydroxylation is 1. The van der Waals surface area contributed by atoms with E-state index >= 15 is 0 Å². The lowest BCUT2D eigenvalue weighted by Crippen LogP contribution is -2.51. The Labute approximate surface area is 244 Å². The molecule has 0 aliphatic rings. The summed E-state index contributed by atoms with van der Waals surface area (Å²) in [6, 6.07) is 19.3. The van der Waals surface area contributed by atoms with Crippen LogP contribution in [0.25, 0.3) is 0 Å². The Balaban J connectivity index is 2.01. The van der Waals surface area contributed by atoms with E-state index in [1.54, 1.807) is 67.6 Å². The van der Waals surface area contributed by atoms with E-state index in [4.69, 9.17) is 11.6 Å². The molecule has 7 nitrogen and oxygen atoms in total. The van der Waals surface area contributed by atoms with Crippen LogP contribution >= 0.6 is 27.5 Å². The van der Waals surface area contributed by atoms with Crippen LogP contribution in [0.1, 0.15) is 31.9 Å². The number of rotatable bonds is 11. The molecule has 3 aromatic rings. The number of nitrogens with one attached hydrogen (secondary N) is 1. The number of sulfonamides is 1. The molecule has 10 heteroatoms. The van der Waals surface area contributed by atoms with Crippen LogP contribution in [0.15, 0.2) is 82.2 Å². The average molecular weight is 635 g/mol. The molecule has 3 rings (SSSR count). The average Bonchev–Trinajstić information content (AvgIpc) is 2.88. The summed E-state index contributed by atoms with van der Waals surface area (Å²) >= 11 is 9.58. The predicted molar refractivity (Wildman–Crippen MR) is 159 cm³/mol. The van der Waals surface area contributed by atoms with E-state index in [1.165, 1.54) is 17.0 Å². The standard InChI is InChI=1S/C29H33BrClN3O4S/c1-20(2)17-32-29(36)22(4)33(18-23-7-5-9-25(31)15-23)28(35)19-34(26-10-6-8-24(30)16-26)39(37,38)27-13-11-21(3)12-14-27/h5-16,20,22H,17-19H2,1-4H3,(H,32,36)/t22-/m0/s1. The SMILES string of the molecule is Cc1ccc(S(=O)(=O)N(CC(=O)N(Cc2cccc(Cl)c2)[C@@H](C)C(=O)NCC(C)C)c2cccc(Br)c2)cc1. The highest BCUT2D eigenvalue weighted by Crippen LogP contribution is 2.27. The van der Waals surface area contributed by atoms with E-state index in [0.717, 1.165) is 15.4 Å². The summed E-state index contributed by atoms with van der Waals surface area (Å²) in [4.78, 5) is 28.4. The van der Waals surface area contributed by atoms with E-state index in [9.17, 15) is 18.0 Å². The minimum atomic E-state index is -4.12. The Bertz CT molecular complexity index is 1410. The van der Waals surface area contributed by atoms with Gasteiger partial charge < -0.3 is 10.2 Å². The predicted octanol–water partition coefficient (Wildman–Crippen LogP) is 5.80. The Morgan fingerprint density at radius 3 is 2.26 bits per heavy atom. The van der Waals surface area contributed by atoms with Crippen molar-refractivity contribution in [3.8, 4) is 0 Å². The van der Waals surface area contributed by atoms with Gasteiger partial charge in [-0.1, -0.05) is 77.3 Å². The van der Waals surface area contributed by atoms with Crippen LogP contribution in [0.5, 0.6) is 0 Å². The summed E-state index contributed by atoms with van der Waals surface area (Å²) in [6.45, 7) is 7.48. The fraction of sp³-hybridized carbons (Fsp3) is 0.310. The van der Waals surface area contributed by atoms with Crippen molar-refractivity contribution in [3.63, 3.8) is 0 Å². The van der Waals surface area contributed by atoms with Crippen molar-refractivity contribution in [3.05, 3.63) is 93.4 Å². The number of amides is 2. The Hall–Kier alpha value is -2.88. The van der Waals surface area contributed by atoms with Gasteiger partial charge in [-0.25, -0.2) is 8.42 Å².